The first-order valence-corrected chi connectivity index (χ1v) is 8.47. The Hall–Kier alpha value is -2.85. The summed E-state index contributed by atoms with van der Waals surface area (Å²) in [7, 11) is 0. The normalized spacial score (nSPS) is 10.9. The summed E-state index contributed by atoms with van der Waals surface area (Å²) < 4.78 is 0. The molecule has 0 bridgehead atoms. The maximum atomic E-state index is 11.1. The van der Waals surface area contributed by atoms with Crippen molar-refractivity contribution in [3.63, 3.8) is 0 Å². The van der Waals surface area contributed by atoms with Gasteiger partial charge in [-0.2, -0.15) is 0 Å². The molecule has 1 unspecified atom stereocenters. The van der Waals surface area contributed by atoms with Gasteiger partial charge in [0.05, 0.1) is 0 Å². The molecule has 7 N–H and O–H groups in total. The Morgan fingerprint density at radius 1 is 0.889 bits per heavy atom. The average Bonchev–Trinajstić information content (AvgIpc) is 2.53. The number of carbonyl (C=O) groups is 5. The first-order valence-electron chi connectivity index (χ1n) is 8.47. The molecule has 3 amide bonds. The molecule has 0 rings (SSSR count). The fraction of sp³-hybridized carbons (Fsp3) is 0.688. The van der Waals surface area contributed by atoms with Crippen LogP contribution < -0.4 is 16.4 Å². The summed E-state index contributed by atoms with van der Waals surface area (Å²) in [5, 5.41) is 29.8. The molecule has 0 aliphatic carbocycles. The van der Waals surface area contributed by atoms with Gasteiger partial charge >= 0.3 is 23.9 Å². The molecule has 0 aromatic heterocycles. The molecule has 11 nitrogen and oxygen atoms in total. The van der Waals surface area contributed by atoms with E-state index in [4.69, 9.17) is 15.3 Å². The Morgan fingerprint density at radius 3 is 1.85 bits per heavy atom. The number of primary amides is 1. The highest BCUT2D eigenvalue weighted by atomic mass is 16.4. The number of hydrogen-bond acceptors (Lipinski definition) is 5. The highest BCUT2D eigenvalue weighted by Gasteiger charge is 2.19. The summed E-state index contributed by atoms with van der Waals surface area (Å²) in [5.74, 6) is -3.11. The minimum atomic E-state index is -1.31. The molecule has 0 fully saturated rings. The van der Waals surface area contributed by atoms with Crippen LogP contribution in [-0.2, 0) is 19.2 Å². The zero-order valence-electron chi connectivity index (χ0n) is 15.6. The van der Waals surface area contributed by atoms with E-state index < -0.39 is 30.0 Å². The quantitative estimate of drug-likeness (QED) is 0.256. The largest absolute Gasteiger partial charge is 0.481 e. The number of carboxylic acid groups (broad SMARTS) is 3. The van der Waals surface area contributed by atoms with Gasteiger partial charge in [0.1, 0.15) is 6.04 Å². The molecule has 0 aliphatic rings. The van der Waals surface area contributed by atoms with Crippen LogP contribution >= 0.6 is 0 Å². The number of nitrogens with one attached hydrogen (secondary N) is 2. The molecule has 11 heteroatoms. The van der Waals surface area contributed by atoms with Gasteiger partial charge in [0.2, 0.25) is 5.91 Å². The van der Waals surface area contributed by atoms with Crippen molar-refractivity contribution in [1.82, 2.24) is 10.6 Å². The molecule has 156 valence electrons. The predicted molar refractivity (Wildman–Crippen MR) is 95.0 cm³/mol. The van der Waals surface area contributed by atoms with Crippen LogP contribution in [0.5, 0.6) is 0 Å². The lowest BCUT2D eigenvalue weighted by molar-refractivity contribution is -0.141. The first-order chi connectivity index (χ1) is 12.5. The van der Waals surface area contributed by atoms with Crippen LogP contribution in [0.1, 0.15) is 52.4 Å². The maximum Gasteiger partial charge on any atom is 0.326 e. The molecular weight excluding hydrogens is 362 g/mol. The molecule has 0 saturated heterocycles. The Labute approximate surface area is 157 Å². The lowest BCUT2D eigenvalue weighted by atomic mass is 10.1. The molecule has 0 radical (unpaired) electrons. The summed E-state index contributed by atoms with van der Waals surface area (Å²) in [6, 6.07) is -2.23. The van der Waals surface area contributed by atoms with E-state index in [1.165, 1.54) is 0 Å². The first kappa shape index (κ1) is 26.4. The second-order valence-electron chi connectivity index (χ2n) is 5.98. The number of carbonyl (C=O) groups excluding carboxylic acids is 2. The molecule has 0 spiro atoms. The van der Waals surface area contributed by atoms with E-state index in [0.717, 1.165) is 12.8 Å². The van der Waals surface area contributed by atoms with Crippen molar-refractivity contribution < 1.29 is 39.3 Å². The highest BCUT2D eigenvalue weighted by Crippen LogP contribution is 1.99. The number of unbranched alkanes of at least 4 members (excludes halogenated alkanes) is 2. The molecular formula is C16H29N3O8. The van der Waals surface area contributed by atoms with Crippen molar-refractivity contribution in [2.75, 3.05) is 6.54 Å². The van der Waals surface area contributed by atoms with Crippen LogP contribution in [0.3, 0.4) is 0 Å². The summed E-state index contributed by atoms with van der Waals surface area (Å²) >= 11 is 0. The fourth-order valence-corrected chi connectivity index (χ4v) is 1.69. The van der Waals surface area contributed by atoms with E-state index in [2.05, 4.69) is 11.1 Å². The standard InChI is InChI=1S/C10H19NO3.C6H10N2O5/c1-8(2)10(14)11-7-5-3-4-6-9(12)13;7-6(13)8-3(5(11)12)1-2-4(9)10/h8H,3-7H2,1-2H3,(H,11,14)(H,12,13);3H,1-2H2,(H,9,10)(H,11,12)(H3,7,8,13). The smallest absolute Gasteiger partial charge is 0.326 e. The molecule has 27 heavy (non-hydrogen) atoms. The predicted octanol–water partition coefficient (Wildman–Crippen LogP) is 0.376. The van der Waals surface area contributed by atoms with E-state index in [9.17, 15) is 24.0 Å². The van der Waals surface area contributed by atoms with Gasteiger partial charge in [0.25, 0.3) is 0 Å². The third-order valence-electron chi connectivity index (χ3n) is 3.15. The van der Waals surface area contributed by atoms with E-state index in [0.29, 0.717) is 13.0 Å². The topological polar surface area (TPSA) is 196 Å². The van der Waals surface area contributed by atoms with E-state index >= 15 is 0 Å². The molecule has 1 atom stereocenters. The minimum Gasteiger partial charge on any atom is -0.481 e. The van der Waals surface area contributed by atoms with Gasteiger partial charge in [-0.3, -0.25) is 14.4 Å². The molecule has 0 aromatic rings. The highest BCUT2D eigenvalue weighted by molar-refractivity contribution is 5.82. The van der Waals surface area contributed by atoms with Crippen molar-refractivity contribution in [3.8, 4) is 0 Å². The van der Waals surface area contributed by atoms with Crippen LogP contribution in [0.15, 0.2) is 0 Å². The third kappa shape index (κ3) is 19.3. The van der Waals surface area contributed by atoms with Crippen molar-refractivity contribution >= 4 is 29.8 Å². The third-order valence-corrected chi connectivity index (χ3v) is 3.15. The lowest BCUT2D eigenvalue weighted by Gasteiger charge is -2.10. The lowest BCUT2D eigenvalue weighted by Crippen LogP contribution is -2.43. The van der Waals surface area contributed by atoms with Crippen LogP contribution in [0, 0.1) is 5.92 Å². The van der Waals surface area contributed by atoms with Gasteiger partial charge in [-0.05, 0) is 19.3 Å². The minimum absolute atomic E-state index is 0.0222. The van der Waals surface area contributed by atoms with E-state index in [-0.39, 0.29) is 31.1 Å². The van der Waals surface area contributed by atoms with Gasteiger partial charge in [-0.1, -0.05) is 20.3 Å². The Bertz CT molecular complexity index is 508. The van der Waals surface area contributed by atoms with Gasteiger partial charge in [0, 0.05) is 25.3 Å². The summed E-state index contributed by atoms with van der Waals surface area (Å²) in [6.07, 6.45) is 2.09. The second kappa shape index (κ2) is 15.4. The van der Waals surface area contributed by atoms with Crippen molar-refractivity contribution in [2.45, 2.75) is 58.4 Å². The molecule has 0 heterocycles. The number of carboxylic acids is 3. The SMILES string of the molecule is CC(C)C(=O)NCCCCCC(=O)O.NC(=O)NC(CCC(=O)O)C(=O)O. The van der Waals surface area contributed by atoms with Crippen LogP contribution in [-0.4, -0.2) is 57.8 Å². The van der Waals surface area contributed by atoms with Gasteiger partial charge in [-0.15, -0.1) is 0 Å². The second-order valence-corrected chi connectivity index (χ2v) is 5.98. The monoisotopic (exact) mass is 391 g/mol. The zero-order valence-corrected chi connectivity index (χ0v) is 15.6. The van der Waals surface area contributed by atoms with Gasteiger partial charge in [-0.25, -0.2) is 9.59 Å². The van der Waals surface area contributed by atoms with Crippen molar-refractivity contribution in [1.29, 1.82) is 0 Å². The van der Waals surface area contributed by atoms with Crippen molar-refractivity contribution in [3.05, 3.63) is 0 Å². The van der Waals surface area contributed by atoms with Crippen LogP contribution in [0.2, 0.25) is 0 Å². The molecule has 0 aliphatic heterocycles. The Morgan fingerprint density at radius 2 is 1.44 bits per heavy atom. The number of rotatable bonds is 12. The number of hydrogen-bond donors (Lipinski definition) is 6. The zero-order chi connectivity index (χ0) is 21.4. The fourth-order valence-electron chi connectivity index (χ4n) is 1.69. The van der Waals surface area contributed by atoms with Crippen LogP contribution in [0.4, 0.5) is 4.79 Å². The summed E-state index contributed by atoms with van der Waals surface area (Å²) in [6.45, 7) is 4.34. The summed E-state index contributed by atoms with van der Waals surface area (Å²) in [5.41, 5.74) is 4.68. The summed E-state index contributed by atoms with van der Waals surface area (Å²) in [4.78, 5) is 52.0. The molecule has 0 saturated carbocycles. The van der Waals surface area contributed by atoms with Crippen molar-refractivity contribution in [2.24, 2.45) is 11.7 Å². The van der Waals surface area contributed by atoms with E-state index in [1.807, 2.05) is 19.2 Å². The number of nitrogens with two attached hydrogens (primary N) is 1. The van der Waals surface area contributed by atoms with E-state index in [1.54, 1.807) is 0 Å². The number of urea groups is 1. The maximum absolute atomic E-state index is 11.1. The Balaban J connectivity index is 0. The number of aliphatic carboxylic acids is 3. The van der Waals surface area contributed by atoms with Gasteiger partial charge in [0.15, 0.2) is 0 Å². The van der Waals surface area contributed by atoms with Crippen LogP contribution in [0.25, 0.3) is 0 Å². The number of amides is 3. The average molecular weight is 391 g/mol. The van der Waals surface area contributed by atoms with Gasteiger partial charge < -0.3 is 31.7 Å². The Kier molecular flexibility index (Phi) is 15.1. The molecule has 0 aromatic carbocycles.